The number of benzene rings is 1. The third-order valence-corrected chi connectivity index (χ3v) is 3.99. The van der Waals surface area contributed by atoms with Gasteiger partial charge in [0.2, 0.25) is 0 Å². The molecule has 0 saturated carbocycles. The average molecular weight is 248 g/mol. The van der Waals surface area contributed by atoms with Gasteiger partial charge in [-0.1, -0.05) is 31.5 Å². The van der Waals surface area contributed by atoms with E-state index >= 15 is 0 Å². The Morgan fingerprint density at radius 2 is 1.78 bits per heavy atom. The maximum atomic E-state index is 6.04. The van der Waals surface area contributed by atoms with Crippen molar-refractivity contribution in [2.24, 2.45) is 5.73 Å². The summed E-state index contributed by atoms with van der Waals surface area (Å²) in [5, 5.41) is 0. The molecule has 1 aromatic carbocycles. The number of nitrogens with zero attached hydrogens (tertiary/aromatic N) is 1. The van der Waals surface area contributed by atoms with E-state index in [1.54, 1.807) is 0 Å². The quantitative estimate of drug-likeness (QED) is 0.836. The lowest BCUT2D eigenvalue weighted by molar-refractivity contribution is 0.179. The molecule has 0 bridgehead atoms. The van der Waals surface area contributed by atoms with Gasteiger partial charge in [-0.05, 0) is 50.9 Å². The number of nitrogens with two attached hydrogens (primary N) is 1. The van der Waals surface area contributed by atoms with Gasteiger partial charge < -0.3 is 5.73 Å². The van der Waals surface area contributed by atoms with Crippen molar-refractivity contribution in [2.75, 3.05) is 13.6 Å². The van der Waals surface area contributed by atoms with Crippen LogP contribution in [0.15, 0.2) is 18.2 Å². The van der Waals surface area contributed by atoms with Crippen molar-refractivity contribution in [1.29, 1.82) is 0 Å². The third kappa shape index (κ3) is 3.33. The molecule has 0 heterocycles. The molecule has 2 heteroatoms. The molecule has 0 aliphatic carbocycles. The molecule has 0 aromatic heterocycles. The first kappa shape index (κ1) is 15.2. The molecule has 2 N–H and O–H groups in total. The molecule has 0 radical (unpaired) electrons. The van der Waals surface area contributed by atoms with Crippen molar-refractivity contribution in [3.8, 4) is 0 Å². The molecule has 0 saturated heterocycles. The Labute approximate surface area is 112 Å². The average Bonchev–Trinajstić information content (AvgIpc) is 2.33. The molecule has 0 aliphatic rings. The molecule has 18 heavy (non-hydrogen) atoms. The van der Waals surface area contributed by atoms with Crippen LogP contribution in [0.1, 0.15) is 49.4 Å². The maximum absolute atomic E-state index is 6.04. The van der Waals surface area contributed by atoms with Gasteiger partial charge >= 0.3 is 0 Å². The minimum Gasteiger partial charge on any atom is -0.329 e. The summed E-state index contributed by atoms with van der Waals surface area (Å²) in [6.45, 7) is 9.57. The number of hydrogen-bond donors (Lipinski definition) is 1. The molecule has 2 nitrogen and oxygen atoms in total. The van der Waals surface area contributed by atoms with Gasteiger partial charge in [0.1, 0.15) is 0 Å². The van der Waals surface area contributed by atoms with Crippen molar-refractivity contribution in [1.82, 2.24) is 4.90 Å². The smallest absolute Gasteiger partial charge is 0.0475 e. The van der Waals surface area contributed by atoms with Gasteiger partial charge in [-0.15, -0.1) is 0 Å². The number of rotatable bonds is 6. The zero-order valence-corrected chi connectivity index (χ0v) is 12.5. The second kappa shape index (κ2) is 6.91. The molecule has 0 amide bonds. The van der Waals surface area contributed by atoms with Crippen LogP contribution in [0.2, 0.25) is 0 Å². The third-order valence-electron chi connectivity index (χ3n) is 3.99. The molecular weight excluding hydrogens is 220 g/mol. The first-order chi connectivity index (χ1) is 8.52. The van der Waals surface area contributed by atoms with Crippen LogP contribution in [-0.4, -0.2) is 24.5 Å². The highest BCUT2D eigenvalue weighted by Crippen LogP contribution is 2.27. The van der Waals surface area contributed by atoms with E-state index in [-0.39, 0.29) is 0 Å². The van der Waals surface area contributed by atoms with Crippen molar-refractivity contribution < 1.29 is 0 Å². The van der Waals surface area contributed by atoms with Crippen molar-refractivity contribution in [3.63, 3.8) is 0 Å². The van der Waals surface area contributed by atoms with Crippen LogP contribution in [0.3, 0.4) is 0 Å². The molecule has 0 aliphatic heterocycles. The van der Waals surface area contributed by atoms with Crippen LogP contribution in [0, 0.1) is 13.8 Å². The maximum Gasteiger partial charge on any atom is 0.0475 e. The second-order valence-corrected chi connectivity index (χ2v) is 5.36. The Kier molecular flexibility index (Phi) is 5.83. The summed E-state index contributed by atoms with van der Waals surface area (Å²) in [6.07, 6.45) is 2.44. The predicted molar refractivity (Wildman–Crippen MR) is 79.8 cm³/mol. The van der Waals surface area contributed by atoms with E-state index < -0.39 is 0 Å². The summed E-state index contributed by atoms with van der Waals surface area (Å²) in [4.78, 5) is 2.43. The van der Waals surface area contributed by atoms with Gasteiger partial charge in [-0.3, -0.25) is 4.90 Å². The van der Waals surface area contributed by atoms with Crippen LogP contribution in [-0.2, 0) is 0 Å². The Balaban J connectivity index is 3.02. The van der Waals surface area contributed by atoms with Crippen molar-refractivity contribution in [2.45, 2.75) is 52.6 Å². The van der Waals surface area contributed by atoms with E-state index in [1.807, 2.05) is 0 Å². The Morgan fingerprint density at radius 1 is 1.22 bits per heavy atom. The van der Waals surface area contributed by atoms with Gasteiger partial charge in [-0.2, -0.15) is 0 Å². The highest BCUT2D eigenvalue weighted by atomic mass is 15.2. The predicted octanol–water partition coefficient (Wildman–Crippen LogP) is 3.42. The lowest BCUT2D eigenvalue weighted by Crippen LogP contribution is -2.37. The van der Waals surface area contributed by atoms with Crippen molar-refractivity contribution in [3.05, 3.63) is 34.9 Å². The Morgan fingerprint density at radius 3 is 2.22 bits per heavy atom. The zero-order valence-electron chi connectivity index (χ0n) is 12.5. The molecule has 0 fully saturated rings. The summed E-state index contributed by atoms with van der Waals surface area (Å²) < 4.78 is 0. The summed E-state index contributed by atoms with van der Waals surface area (Å²) in [5.41, 5.74) is 10.1. The lowest BCUT2D eigenvalue weighted by atomic mass is 9.94. The van der Waals surface area contributed by atoms with Gasteiger partial charge in [0.25, 0.3) is 0 Å². The number of likely N-dealkylation sites (N-methyl/N-ethyl adjacent to an activating group) is 1. The fraction of sp³-hybridized carbons (Fsp3) is 0.625. The van der Waals surface area contributed by atoms with Crippen LogP contribution < -0.4 is 5.73 Å². The van der Waals surface area contributed by atoms with E-state index in [0.29, 0.717) is 18.6 Å². The van der Waals surface area contributed by atoms with Gasteiger partial charge in [-0.25, -0.2) is 0 Å². The van der Waals surface area contributed by atoms with E-state index in [4.69, 9.17) is 5.73 Å². The summed E-state index contributed by atoms with van der Waals surface area (Å²) >= 11 is 0. The summed E-state index contributed by atoms with van der Waals surface area (Å²) in [5.74, 6) is 0. The van der Waals surface area contributed by atoms with Crippen LogP contribution in [0.4, 0.5) is 0 Å². The molecule has 1 aromatic rings. The first-order valence-corrected chi connectivity index (χ1v) is 7.01. The van der Waals surface area contributed by atoms with E-state index in [1.165, 1.54) is 29.5 Å². The molecule has 2 atom stereocenters. The van der Waals surface area contributed by atoms with Crippen LogP contribution >= 0.6 is 0 Å². The molecule has 2 unspecified atom stereocenters. The molecule has 1 rings (SSSR count). The Hall–Kier alpha value is -0.860. The van der Waals surface area contributed by atoms with Gasteiger partial charge in [0, 0.05) is 18.6 Å². The van der Waals surface area contributed by atoms with Gasteiger partial charge in [0.05, 0.1) is 0 Å². The SMILES string of the molecule is CCCC(C)N(C)C(CN)c1c(C)cccc1C. The molecule has 0 spiro atoms. The lowest BCUT2D eigenvalue weighted by Gasteiger charge is -2.34. The normalized spacial score (nSPS) is 14.8. The standard InChI is InChI=1S/C16H28N2/c1-6-8-14(4)18(5)15(11-17)16-12(2)9-7-10-13(16)3/h7,9-10,14-15H,6,8,11,17H2,1-5H3. The largest absolute Gasteiger partial charge is 0.329 e. The van der Waals surface area contributed by atoms with E-state index in [0.717, 1.165) is 0 Å². The Bertz CT molecular complexity index is 353. The fourth-order valence-corrected chi connectivity index (χ4v) is 2.77. The molecular formula is C16H28N2. The van der Waals surface area contributed by atoms with Crippen molar-refractivity contribution >= 4 is 0 Å². The van der Waals surface area contributed by atoms with Crippen LogP contribution in [0.25, 0.3) is 0 Å². The second-order valence-electron chi connectivity index (χ2n) is 5.36. The highest BCUT2D eigenvalue weighted by Gasteiger charge is 2.22. The zero-order chi connectivity index (χ0) is 13.7. The van der Waals surface area contributed by atoms with E-state index in [2.05, 4.69) is 57.8 Å². The highest BCUT2D eigenvalue weighted by molar-refractivity contribution is 5.36. The number of hydrogen-bond acceptors (Lipinski definition) is 2. The first-order valence-electron chi connectivity index (χ1n) is 7.01. The topological polar surface area (TPSA) is 29.3 Å². The summed E-state index contributed by atoms with van der Waals surface area (Å²) in [6, 6.07) is 7.39. The molecule has 102 valence electrons. The minimum atomic E-state index is 0.327. The van der Waals surface area contributed by atoms with E-state index in [9.17, 15) is 0 Å². The minimum absolute atomic E-state index is 0.327. The van der Waals surface area contributed by atoms with Crippen LogP contribution in [0.5, 0.6) is 0 Å². The monoisotopic (exact) mass is 248 g/mol. The number of aryl methyl sites for hydroxylation is 2. The summed E-state index contributed by atoms with van der Waals surface area (Å²) in [7, 11) is 2.20. The van der Waals surface area contributed by atoms with Gasteiger partial charge in [0.15, 0.2) is 0 Å². The fourth-order valence-electron chi connectivity index (χ4n) is 2.77.